The number of aromatic nitrogens is 3. The van der Waals surface area contributed by atoms with Gasteiger partial charge in [-0.3, -0.25) is 0 Å². The monoisotopic (exact) mass is 566 g/mol. The van der Waals surface area contributed by atoms with Gasteiger partial charge in [-0.1, -0.05) is 50.3 Å². The molecule has 0 aliphatic carbocycles. The largest absolute Gasteiger partial charge is 0.465 e. The Morgan fingerprint density at radius 1 is 1.12 bits per heavy atom. The van der Waals surface area contributed by atoms with Crippen LogP contribution in [0.3, 0.4) is 0 Å². The molecule has 1 aliphatic heterocycles. The van der Waals surface area contributed by atoms with E-state index < -0.39 is 0 Å². The van der Waals surface area contributed by atoms with E-state index in [1.165, 1.54) is 23.8 Å². The summed E-state index contributed by atoms with van der Waals surface area (Å²) in [5, 5.41) is 6.43. The number of fused-ring (bicyclic) bond motifs is 1. The lowest BCUT2D eigenvalue weighted by Gasteiger charge is -2.29. The molecule has 5 rings (SSSR count). The second-order valence-corrected chi connectivity index (χ2v) is 11.2. The molecule has 0 fully saturated rings. The van der Waals surface area contributed by atoms with Gasteiger partial charge in [0.15, 0.2) is 0 Å². The molecule has 1 atom stereocenters. The number of aryl methyl sites for hydroxylation is 3. The lowest BCUT2D eigenvalue weighted by atomic mass is 9.91. The minimum Gasteiger partial charge on any atom is -0.465 e. The van der Waals surface area contributed by atoms with Crippen LogP contribution in [0.5, 0.6) is 0 Å². The molecule has 0 bridgehead atoms. The lowest BCUT2D eigenvalue weighted by Crippen LogP contribution is -2.33. The third kappa shape index (κ3) is 5.22. The molecule has 0 radical (unpaired) electrons. The number of nitrogens with zero attached hydrogens (tertiary/aromatic N) is 4. The van der Waals surface area contributed by atoms with Gasteiger partial charge in [-0.15, -0.1) is 9.24 Å². The van der Waals surface area contributed by atoms with Crippen molar-refractivity contribution in [2.75, 3.05) is 18.6 Å². The molecule has 2 aromatic carbocycles. The summed E-state index contributed by atoms with van der Waals surface area (Å²) < 4.78 is 7.30. The average Bonchev–Trinajstić information content (AvgIpc) is 3.35. The number of anilines is 1. The number of hydrogen-bond donors (Lipinski definition) is 0. The molecule has 0 saturated carbocycles. The third-order valence-electron chi connectivity index (χ3n) is 8.05. The molecule has 0 spiro atoms. The number of ether oxygens (including phenoxy) is 1. The van der Waals surface area contributed by atoms with Crippen LogP contribution < -0.4 is 10.2 Å². The number of para-hydroxylation sites is 1. The number of methoxy groups -OCH3 is 1. The number of pyridine rings is 1. The van der Waals surface area contributed by atoms with Gasteiger partial charge in [-0.05, 0) is 73.6 Å². The summed E-state index contributed by atoms with van der Waals surface area (Å²) in [6.07, 6.45) is 8.70. The summed E-state index contributed by atoms with van der Waals surface area (Å²) in [6, 6.07) is 12.7. The number of benzene rings is 2. The van der Waals surface area contributed by atoms with E-state index in [0.717, 1.165) is 76.3 Å². The van der Waals surface area contributed by atoms with Crippen LogP contribution in [0.25, 0.3) is 23.0 Å². The lowest BCUT2D eigenvalue weighted by molar-refractivity contribution is 0.0600. The molecular formula is C34H39N4O2P. The van der Waals surface area contributed by atoms with E-state index in [0.29, 0.717) is 12.1 Å². The maximum Gasteiger partial charge on any atom is 0.338 e. The predicted octanol–water partition coefficient (Wildman–Crippen LogP) is 6.56. The van der Waals surface area contributed by atoms with Crippen molar-refractivity contribution in [1.82, 2.24) is 14.8 Å². The summed E-state index contributed by atoms with van der Waals surface area (Å²) >= 11 is 0. The number of rotatable bonds is 7. The van der Waals surface area contributed by atoms with Gasteiger partial charge in [0, 0.05) is 42.1 Å². The minimum absolute atomic E-state index is 0.329. The Morgan fingerprint density at radius 2 is 1.85 bits per heavy atom. The Hall–Kier alpha value is -3.76. The summed E-state index contributed by atoms with van der Waals surface area (Å²) in [5.41, 5.74) is 11.8. The van der Waals surface area contributed by atoms with E-state index >= 15 is 0 Å². The first-order valence-corrected chi connectivity index (χ1v) is 14.9. The van der Waals surface area contributed by atoms with Gasteiger partial charge in [-0.2, -0.15) is 5.10 Å². The van der Waals surface area contributed by atoms with Gasteiger partial charge in [0.25, 0.3) is 0 Å². The molecule has 2 aromatic heterocycles. The van der Waals surface area contributed by atoms with Crippen LogP contribution in [0.4, 0.5) is 5.82 Å². The molecule has 3 heterocycles. The molecule has 0 N–H and O–H groups in total. The Bertz CT molecular complexity index is 1630. The fraction of sp³-hybridized carbons (Fsp3) is 0.324. The Morgan fingerprint density at radius 3 is 2.49 bits per heavy atom. The molecule has 7 heteroatoms. The van der Waals surface area contributed by atoms with Crippen LogP contribution in [0, 0.1) is 13.8 Å². The fourth-order valence-electron chi connectivity index (χ4n) is 5.98. The van der Waals surface area contributed by atoms with Crippen LogP contribution in [0.15, 0.2) is 48.7 Å². The van der Waals surface area contributed by atoms with Gasteiger partial charge in [0.05, 0.1) is 29.7 Å². The average molecular weight is 567 g/mol. The zero-order valence-electron chi connectivity index (χ0n) is 24.9. The summed E-state index contributed by atoms with van der Waals surface area (Å²) in [7, 11) is 4.29. The standard InChI is InChI=1S/C34H39N4O2P/c1-7-11-25-22(5)26(34(39)40-6)14-15-27(25)32-28-20-37(33-30(41)18-21(4)19-35-33)17-16-29(28)36-38(32)31-23(8-2)12-10-13-24(31)9-3/h7,10-15,18-19H,8-9,16-17,20,41H2,1-6H3/b11-7-. The van der Waals surface area contributed by atoms with E-state index in [-0.39, 0.29) is 5.97 Å². The maximum absolute atomic E-state index is 12.7. The van der Waals surface area contributed by atoms with Crippen molar-refractivity contribution in [3.05, 3.63) is 93.3 Å². The quantitative estimate of drug-likeness (QED) is 0.187. The highest BCUT2D eigenvalue weighted by atomic mass is 31.0. The zero-order chi connectivity index (χ0) is 29.3. The first-order chi connectivity index (χ1) is 19.8. The highest BCUT2D eigenvalue weighted by molar-refractivity contribution is 7.28. The maximum atomic E-state index is 12.7. The van der Waals surface area contributed by atoms with E-state index in [1.807, 2.05) is 32.2 Å². The van der Waals surface area contributed by atoms with E-state index in [4.69, 9.17) is 14.8 Å². The van der Waals surface area contributed by atoms with Crippen molar-refractivity contribution in [3.63, 3.8) is 0 Å². The normalized spacial score (nSPS) is 13.1. The van der Waals surface area contributed by atoms with Crippen LogP contribution >= 0.6 is 9.24 Å². The first-order valence-electron chi connectivity index (χ1n) is 14.4. The molecule has 212 valence electrons. The SMILES string of the molecule is C/C=C\c1c(-c2c3c(nn2-c2c(CC)cccc2CC)CCN(c2ncc(C)cc2P)C3)ccc(C(=O)OC)c1C. The Labute approximate surface area is 245 Å². The topological polar surface area (TPSA) is 60.2 Å². The highest BCUT2D eigenvalue weighted by Gasteiger charge is 2.30. The molecule has 41 heavy (non-hydrogen) atoms. The predicted molar refractivity (Wildman–Crippen MR) is 172 cm³/mol. The number of esters is 1. The van der Waals surface area contributed by atoms with Crippen LogP contribution in [0.1, 0.15) is 70.2 Å². The highest BCUT2D eigenvalue weighted by Crippen LogP contribution is 2.39. The molecule has 1 aliphatic rings. The van der Waals surface area contributed by atoms with Gasteiger partial charge >= 0.3 is 5.97 Å². The molecule has 1 unspecified atom stereocenters. The summed E-state index contributed by atoms with van der Waals surface area (Å²) in [5.74, 6) is 0.656. The number of carbonyl (C=O) groups excluding carboxylic acids is 1. The van der Waals surface area contributed by atoms with Crippen molar-refractivity contribution < 1.29 is 9.53 Å². The molecular weight excluding hydrogens is 527 g/mol. The van der Waals surface area contributed by atoms with Crippen molar-refractivity contribution >= 4 is 32.4 Å². The van der Waals surface area contributed by atoms with Crippen molar-refractivity contribution in [2.45, 2.75) is 60.4 Å². The van der Waals surface area contributed by atoms with Gasteiger partial charge < -0.3 is 9.64 Å². The second kappa shape index (κ2) is 12.0. The number of hydrogen-bond acceptors (Lipinski definition) is 5. The van der Waals surface area contributed by atoms with E-state index in [2.05, 4.69) is 76.0 Å². The minimum atomic E-state index is -0.329. The van der Waals surface area contributed by atoms with Crippen LogP contribution in [0.2, 0.25) is 0 Å². The van der Waals surface area contributed by atoms with Crippen molar-refractivity contribution in [1.29, 1.82) is 0 Å². The fourth-order valence-corrected chi connectivity index (χ4v) is 6.50. The zero-order valence-corrected chi connectivity index (χ0v) is 26.1. The first kappa shape index (κ1) is 28.8. The molecule has 6 nitrogen and oxygen atoms in total. The summed E-state index contributed by atoms with van der Waals surface area (Å²) in [4.78, 5) is 19.8. The third-order valence-corrected chi connectivity index (χ3v) is 8.48. The Balaban J connectivity index is 1.81. The smallest absolute Gasteiger partial charge is 0.338 e. The van der Waals surface area contributed by atoms with Crippen LogP contribution in [-0.2, 0) is 30.5 Å². The number of carbonyl (C=O) groups is 1. The van der Waals surface area contributed by atoms with E-state index in [1.54, 1.807) is 0 Å². The van der Waals surface area contributed by atoms with Gasteiger partial charge in [0.1, 0.15) is 5.82 Å². The molecule has 0 amide bonds. The molecule has 4 aromatic rings. The van der Waals surface area contributed by atoms with Crippen molar-refractivity contribution in [3.8, 4) is 16.9 Å². The van der Waals surface area contributed by atoms with Crippen molar-refractivity contribution in [2.24, 2.45) is 0 Å². The number of allylic oxidation sites excluding steroid dienone is 1. The van der Waals surface area contributed by atoms with E-state index in [9.17, 15) is 4.79 Å². The van der Waals surface area contributed by atoms with Gasteiger partial charge in [-0.25, -0.2) is 14.5 Å². The Kier molecular flexibility index (Phi) is 8.42. The van der Waals surface area contributed by atoms with Gasteiger partial charge in [0.2, 0.25) is 0 Å². The van der Waals surface area contributed by atoms with Crippen LogP contribution in [-0.4, -0.2) is 34.4 Å². The molecule has 0 saturated heterocycles. The second-order valence-electron chi connectivity index (χ2n) is 10.6. The summed E-state index contributed by atoms with van der Waals surface area (Å²) in [6.45, 7) is 12.0.